The molecule has 1 saturated heterocycles. The van der Waals surface area contributed by atoms with Crippen LogP contribution in [0.25, 0.3) is 0 Å². The largest absolute Gasteiger partial charge is 0.341 e. The van der Waals surface area contributed by atoms with Gasteiger partial charge in [-0.25, -0.2) is 4.98 Å². The lowest BCUT2D eigenvalue weighted by Gasteiger charge is -2.15. The van der Waals surface area contributed by atoms with Gasteiger partial charge in [-0.1, -0.05) is 0 Å². The number of rotatable bonds is 4. The second-order valence-corrected chi connectivity index (χ2v) is 4.02. The van der Waals surface area contributed by atoms with E-state index in [0.29, 0.717) is 13.0 Å². The van der Waals surface area contributed by atoms with Crippen LogP contribution in [0.3, 0.4) is 0 Å². The fraction of sp³-hybridized carbons (Fsp3) is 0.545. The molecular weight excluding hydrogens is 204 g/mol. The zero-order chi connectivity index (χ0) is 11.4. The Morgan fingerprint density at radius 3 is 3.06 bits per heavy atom. The average molecular weight is 218 g/mol. The Labute approximate surface area is 94.3 Å². The summed E-state index contributed by atoms with van der Waals surface area (Å²) in [4.78, 5) is 17.2. The predicted molar refractivity (Wildman–Crippen MR) is 57.1 cm³/mol. The molecule has 1 aromatic rings. The molecule has 0 bridgehead atoms. The monoisotopic (exact) mass is 218 g/mol. The molecule has 0 radical (unpaired) electrons. The number of carbonyl (C=O) groups excluding carboxylic acids is 1. The minimum atomic E-state index is -0.110. The van der Waals surface area contributed by atoms with Gasteiger partial charge in [0.15, 0.2) is 0 Å². The molecule has 0 aromatic carbocycles. The van der Waals surface area contributed by atoms with E-state index in [1.165, 1.54) is 0 Å². The zero-order valence-electron chi connectivity index (χ0n) is 9.04. The third-order valence-corrected chi connectivity index (χ3v) is 2.80. The maximum absolute atomic E-state index is 11.5. The van der Waals surface area contributed by atoms with Crippen LogP contribution in [0, 0.1) is 17.2 Å². The Kier molecular flexibility index (Phi) is 3.20. The lowest BCUT2D eigenvalue weighted by molar-refractivity contribution is -0.127. The number of hydrogen-bond donors (Lipinski definition) is 0. The van der Waals surface area contributed by atoms with Crippen LogP contribution in [-0.2, 0) is 11.3 Å². The third kappa shape index (κ3) is 2.40. The molecule has 1 fully saturated rings. The Bertz CT molecular complexity index is 393. The summed E-state index contributed by atoms with van der Waals surface area (Å²) in [5, 5.41) is 8.74. The Hall–Kier alpha value is -1.83. The number of nitrogens with zero attached hydrogens (tertiary/aromatic N) is 4. The quantitative estimate of drug-likeness (QED) is 0.745. The highest BCUT2D eigenvalue weighted by Crippen LogP contribution is 2.16. The van der Waals surface area contributed by atoms with E-state index in [4.69, 9.17) is 5.26 Å². The number of hydrogen-bond acceptors (Lipinski definition) is 3. The first-order valence-corrected chi connectivity index (χ1v) is 5.42. The molecule has 84 valence electrons. The number of likely N-dealkylation sites (tertiary alicyclic amines) is 1. The van der Waals surface area contributed by atoms with Crippen LogP contribution in [0.2, 0.25) is 0 Å². The van der Waals surface area contributed by atoms with E-state index < -0.39 is 0 Å². The molecular formula is C11H14N4O. The summed E-state index contributed by atoms with van der Waals surface area (Å²) in [6.07, 6.45) is 6.71. The van der Waals surface area contributed by atoms with E-state index in [-0.39, 0.29) is 11.8 Å². The van der Waals surface area contributed by atoms with E-state index in [0.717, 1.165) is 19.5 Å². The van der Waals surface area contributed by atoms with Gasteiger partial charge < -0.3 is 9.47 Å². The highest BCUT2D eigenvalue weighted by atomic mass is 16.2. The van der Waals surface area contributed by atoms with Crippen molar-refractivity contribution in [3.8, 4) is 6.07 Å². The summed E-state index contributed by atoms with van der Waals surface area (Å²) < 4.78 is 1.99. The van der Waals surface area contributed by atoms with Crippen molar-refractivity contribution in [1.29, 1.82) is 5.26 Å². The fourth-order valence-corrected chi connectivity index (χ4v) is 1.94. The zero-order valence-corrected chi connectivity index (χ0v) is 9.04. The van der Waals surface area contributed by atoms with E-state index in [9.17, 15) is 4.79 Å². The molecule has 1 unspecified atom stereocenters. The maximum atomic E-state index is 11.5. The third-order valence-electron chi connectivity index (χ3n) is 2.80. The standard InChI is InChI=1S/C11H14N4O/c12-7-10-6-11(16)15(8-10)4-1-3-14-5-2-13-9-14/h2,5,9-10H,1,3-4,6,8H2. The van der Waals surface area contributed by atoms with Crippen molar-refractivity contribution in [2.24, 2.45) is 5.92 Å². The van der Waals surface area contributed by atoms with Crippen LogP contribution in [0.4, 0.5) is 0 Å². The molecule has 5 nitrogen and oxygen atoms in total. The van der Waals surface area contributed by atoms with Crippen molar-refractivity contribution in [3.05, 3.63) is 18.7 Å². The maximum Gasteiger partial charge on any atom is 0.224 e. The topological polar surface area (TPSA) is 61.9 Å². The second kappa shape index (κ2) is 4.79. The lowest BCUT2D eigenvalue weighted by Crippen LogP contribution is -2.26. The molecule has 1 aromatic heterocycles. The van der Waals surface area contributed by atoms with Crippen molar-refractivity contribution in [3.63, 3.8) is 0 Å². The minimum Gasteiger partial charge on any atom is -0.341 e. The Morgan fingerprint density at radius 1 is 1.56 bits per heavy atom. The van der Waals surface area contributed by atoms with E-state index >= 15 is 0 Å². The molecule has 0 saturated carbocycles. The minimum absolute atomic E-state index is 0.109. The average Bonchev–Trinajstić information content (AvgIpc) is 2.89. The molecule has 1 aliphatic rings. The first-order chi connectivity index (χ1) is 7.79. The number of carbonyl (C=O) groups is 1. The van der Waals surface area contributed by atoms with E-state index in [1.807, 2.05) is 10.8 Å². The van der Waals surface area contributed by atoms with Crippen molar-refractivity contribution >= 4 is 5.91 Å². The lowest BCUT2D eigenvalue weighted by atomic mass is 10.1. The summed E-state index contributed by atoms with van der Waals surface area (Å²) >= 11 is 0. The highest BCUT2D eigenvalue weighted by molar-refractivity contribution is 5.79. The molecule has 0 aliphatic carbocycles. The van der Waals surface area contributed by atoms with Gasteiger partial charge in [-0.05, 0) is 6.42 Å². The van der Waals surface area contributed by atoms with Crippen LogP contribution in [0.5, 0.6) is 0 Å². The SMILES string of the molecule is N#CC1CC(=O)N(CCCn2ccnc2)C1. The normalized spacial score (nSPS) is 20.1. The van der Waals surface area contributed by atoms with Crippen LogP contribution >= 0.6 is 0 Å². The fourth-order valence-electron chi connectivity index (χ4n) is 1.94. The van der Waals surface area contributed by atoms with Crippen LogP contribution in [0.15, 0.2) is 18.7 Å². The van der Waals surface area contributed by atoms with Crippen LogP contribution in [-0.4, -0.2) is 33.4 Å². The van der Waals surface area contributed by atoms with E-state index in [1.54, 1.807) is 17.4 Å². The van der Waals surface area contributed by atoms with Gasteiger partial charge in [0.1, 0.15) is 0 Å². The summed E-state index contributed by atoms with van der Waals surface area (Å²) in [6.45, 7) is 2.19. The predicted octanol–water partition coefficient (Wildman–Crippen LogP) is 0.645. The summed E-state index contributed by atoms with van der Waals surface area (Å²) in [7, 11) is 0. The number of imidazole rings is 1. The molecule has 16 heavy (non-hydrogen) atoms. The van der Waals surface area contributed by atoms with Crippen molar-refractivity contribution in [2.45, 2.75) is 19.4 Å². The van der Waals surface area contributed by atoms with Crippen LogP contribution < -0.4 is 0 Å². The van der Waals surface area contributed by atoms with Gasteiger partial charge in [0.2, 0.25) is 5.91 Å². The number of amides is 1. The van der Waals surface area contributed by atoms with Gasteiger partial charge in [-0.2, -0.15) is 5.26 Å². The first-order valence-electron chi connectivity index (χ1n) is 5.42. The molecule has 1 amide bonds. The van der Waals surface area contributed by atoms with Crippen molar-refractivity contribution in [1.82, 2.24) is 14.5 Å². The van der Waals surface area contributed by atoms with Gasteiger partial charge in [-0.3, -0.25) is 4.79 Å². The first kappa shape index (κ1) is 10.7. The number of nitriles is 1. The molecule has 2 rings (SSSR count). The summed E-state index contributed by atoms with van der Waals surface area (Å²) in [6, 6.07) is 2.15. The smallest absolute Gasteiger partial charge is 0.224 e. The van der Waals surface area contributed by atoms with Gasteiger partial charge in [-0.15, -0.1) is 0 Å². The highest BCUT2D eigenvalue weighted by Gasteiger charge is 2.28. The Morgan fingerprint density at radius 2 is 2.44 bits per heavy atom. The molecule has 1 atom stereocenters. The Balaban J connectivity index is 1.75. The summed E-state index contributed by atoms with van der Waals surface area (Å²) in [5.41, 5.74) is 0. The van der Waals surface area contributed by atoms with Gasteiger partial charge in [0.05, 0.1) is 18.3 Å². The molecule has 0 spiro atoms. The summed E-state index contributed by atoms with van der Waals surface area (Å²) in [5.74, 6) is -0.00192. The van der Waals surface area contributed by atoms with Crippen LogP contribution in [0.1, 0.15) is 12.8 Å². The van der Waals surface area contributed by atoms with Crippen molar-refractivity contribution in [2.75, 3.05) is 13.1 Å². The number of aryl methyl sites for hydroxylation is 1. The van der Waals surface area contributed by atoms with Gasteiger partial charge in [0.25, 0.3) is 0 Å². The molecule has 2 heterocycles. The second-order valence-electron chi connectivity index (χ2n) is 4.02. The number of aromatic nitrogens is 2. The molecule has 5 heteroatoms. The molecule has 1 aliphatic heterocycles. The van der Waals surface area contributed by atoms with Crippen molar-refractivity contribution < 1.29 is 4.79 Å². The van der Waals surface area contributed by atoms with E-state index in [2.05, 4.69) is 11.1 Å². The molecule has 0 N–H and O–H groups in total. The van der Waals surface area contributed by atoms with Gasteiger partial charge in [0, 0.05) is 38.4 Å². The van der Waals surface area contributed by atoms with Gasteiger partial charge >= 0.3 is 0 Å².